The molecule has 1 aliphatic heterocycles. The van der Waals surface area contributed by atoms with Crippen LogP contribution in [0.2, 0.25) is 0 Å². The zero-order chi connectivity index (χ0) is 15.5. The van der Waals surface area contributed by atoms with Gasteiger partial charge in [0.2, 0.25) is 5.91 Å². The Kier molecular flexibility index (Phi) is 4.66. The molecule has 3 amide bonds. The van der Waals surface area contributed by atoms with Gasteiger partial charge < -0.3 is 15.5 Å². The predicted molar refractivity (Wildman–Crippen MR) is 87.0 cm³/mol. The number of hydrogen-bond donors (Lipinski definition) is 2. The van der Waals surface area contributed by atoms with Gasteiger partial charge in [-0.2, -0.15) is 0 Å². The van der Waals surface area contributed by atoms with Crippen molar-refractivity contribution < 1.29 is 9.59 Å². The van der Waals surface area contributed by atoms with Crippen LogP contribution in [0.25, 0.3) is 0 Å². The van der Waals surface area contributed by atoms with Gasteiger partial charge in [0.15, 0.2) is 0 Å². The molecule has 22 heavy (non-hydrogen) atoms. The molecular formula is C16H23N3O2S. The molecule has 1 atom stereocenters. The molecule has 0 unspecified atom stereocenters. The molecule has 1 aliphatic carbocycles. The zero-order valence-electron chi connectivity index (χ0n) is 13.0. The van der Waals surface area contributed by atoms with Crippen LogP contribution >= 0.6 is 11.3 Å². The molecule has 0 aromatic carbocycles. The van der Waals surface area contributed by atoms with E-state index >= 15 is 0 Å². The fraction of sp³-hybridized carbons (Fsp3) is 0.625. The molecule has 1 fully saturated rings. The van der Waals surface area contributed by atoms with Crippen molar-refractivity contribution in [1.82, 2.24) is 15.5 Å². The summed E-state index contributed by atoms with van der Waals surface area (Å²) in [4.78, 5) is 28.0. The van der Waals surface area contributed by atoms with Crippen LogP contribution < -0.4 is 10.6 Å². The lowest BCUT2D eigenvalue weighted by atomic mass is 10.1. The lowest BCUT2D eigenvalue weighted by Crippen LogP contribution is -2.45. The van der Waals surface area contributed by atoms with Gasteiger partial charge in [-0.1, -0.05) is 6.42 Å². The summed E-state index contributed by atoms with van der Waals surface area (Å²) in [6, 6.07) is 1.61. The second-order valence-corrected chi connectivity index (χ2v) is 7.37. The second kappa shape index (κ2) is 6.69. The van der Waals surface area contributed by atoms with Crippen LogP contribution in [0.15, 0.2) is 6.07 Å². The molecule has 6 heteroatoms. The maximum atomic E-state index is 11.9. The number of carbonyl (C=O) groups excluding carboxylic acids is 2. The Morgan fingerprint density at radius 2 is 2.18 bits per heavy atom. The lowest BCUT2D eigenvalue weighted by molar-refractivity contribution is -0.128. The van der Waals surface area contributed by atoms with Gasteiger partial charge in [-0.3, -0.25) is 4.79 Å². The maximum absolute atomic E-state index is 11.9. The number of likely N-dealkylation sites (tertiary alicyclic amines) is 1. The first kappa shape index (κ1) is 15.3. The quantitative estimate of drug-likeness (QED) is 0.837. The Bertz CT molecular complexity index is 546. The molecular weight excluding hydrogens is 298 g/mol. The fourth-order valence-corrected chi connectivity index (χ4v) is 4.35. The van der Waals surface area contributed by atoms with Crippen molar-refractivity contribution in [2.75, 3.05) is 13.6 Å². The molecule has 3 rings (SSSR count). The first-order chi connectivity index (χ1) is 10.6. The first-order valence-corrected chi connectivity index (χ1v) is 8.85. The van der Waals surface area contributed by atoms with Gasteiger partial charge in [-0.15, -0.1) is 11.3 Å². The van der Waals surface area contributed by atoms with Gasteiger partial charge in [-0.05, 0) is 43.7 Å². The van der Waals surface area contributed by atoms with Crippen LogP contribution in [0.3, 0.4) is 0 Å². The van der Waals surface area contributed by atoms with E-state index in [0.29, 0.717) is 19.5 Å². The number of rotatable bonds is 3. The molecule has 2 heterocycles. The average molecular weight is 321 g/mol. The topological polar surface area (TPSA) is 61.4 Å². The van der Waals surface area contributed by atoms with Crippen molar-refractivity contribution in [1.29, 1.82) is 0 Å². The van der Waals surface area contributed by atoms with E-state index in [-0.39, 0.29) is 18.0 Å². The molecule has 2 N–H and O–H groups in total. The highest BCUT2D eigenvalue weighted by Gasteiger charge is 2.30. The molecule has 0 saturated carbocycles. The van der Waals surface area contributed by atoms with E-state index in [4.69, 9.17) is 0 Å². The first-order valence-electron chi connectivity index (χ1n) is 8.03. The third kappa shape index (κ3) is 3.43. The Hall–Kier alpha value is -1.56. The minimum absolute atomic E-state index is 0.00186. The highest BCUT2D eigenvalue weighted by molar-refractivity contribution is 7.12. The van der Waals surface area contributed by atoms with E-state index in [9.17, 15) is 9.59 Å². The van der Waals surface area contributed by atoms with Gasteiger partial charge in [0.05, 0.1) is 6.54 Å². The summed E-state index contributed by atoms with van der Waals surface area (Å²) in [5.41, 5.74) is 1.47. The van der Waals surface area contributed by atoms with Crippen LogP contribution in [-0.4, -0.2) is 36.5 Å². The molecule has 2 aliphatic rings. The summed E-state index contributed by atoms with van der Waals surface area (Å²) in [6.07, 6.45) is 6.90. The molecule has 1 aromatic rings. The van der Waals surface area contributed by atoms with E-state index < -0.39 is 0 Å². The van der Waals surface area contributed by atoms with E-state index in [1.165, 1.54) is 47.4 Å². The van der Waals surface area contributed by atoms with Crippen molar-refractivity contribution in [3.63, 3.8) is 0 Å². The van der Waals surface area contributed by atoms with Gasteiger partial charge in [0.25, 0.3) is 0 Å². The van der Waals surface area contributed by atoms with Gasteiger partial charge in [0.1, 0.15) is 6.04 Å². The van der Waals surface area contributed by atoms with Crippen LogP contribution in [0.4, 0.5) is 4.79 Å². The van der Waals surface area contributed by atoms with Crippen molar-refractivity contribution in [2.24, 2.45) is 0 Å². The van der Waals surface area contributed by atoms with Gasteiger partial charge in [0, 0.05) is 23.3 Å². The Morgan fingerprint density at radius 3 is 2.95 bits per heavy atom. The number of urea groups is 1. The lowest BCUT2D eigenvalue weighted by Gasteiger charge is -2.12. The molecule has 0 radical (unpaired) electrons. The molecule has 1 saturated heterocycles. The molecule has 0 spiro atoms. The van der Waals surface area contributed by atoms with E-state index in [0.717, 1.165) is 0 Å². The van der Waals surface area contributed by atoms with Crippen molar-refractivity contribution in [3.05, 3.63) is 21.4 Å². The third-order valence-electron chi connectivity index (χ3n) is 4.45. The number of amides is 3. The zero-order valence-corrected chi connectivity index (χ0v) is 13.8. The minimum Gasteiger partial charge on any atom is -0.344 e. The number of thiophene rings is 1. The Balaban J connectivity index is 1.50. The van der Waals surface area contributed by atoms with Crippen molar-refractivity contribution >= 4 is 23.3 Å². The second-order valence-electron chi connectivity index (χ2n) is 6.15. The Morgan fingerprint density at radius 1 is 1.36 bits per heavy atom. The van der Waals surface area contributed by atoms with Gasteiger partial charge in [-0.25, -0.2) is 4.79 Å². The maximum Gasteiger partial charge on any atom is 0.315 e. The number of nitrogens with zero attached hydrogens (tertiary/aromatic N) is 1. The minimum atomic E-state index is -0.370. The summed E-state index contributed by atoms with van der Waals surface area (Å²) in [5, 5.41) is 5.64. The summed E-state index contributed by atoms with van der Waals surface area (Å²) in [5.74, 6) is -0.00186. The monoisotopic (exact) mass is 321 g/mol. The van der Waals surface area contributed by atoms with E-state index in [2.05, 4.69) is 16.7 Å². The highest BCUT2D eigenvalue weighted by Crippen LogP contribution is 2.28. The molecule has 5 nitrogen and oxygen atoms in total. The average Bonchev–Trinajstić information content (AvgIpc) is 2.95. The van der Waals surface area contributed by atoms with Crippen LogP contribution in [0, 0.1) is 0 Å². The number of hydrogen-bond acceptors (Lipinski definition) is 3. The summed E-state index contributed by atoms with van der Waals surface area (Å²) >= 11 is 1.82. The number of aryl methyl sites for hydroxylation is 2. The molecule has 0 bridgehead atoms. The van der Waals surface area contributed by atoms with Crippen molar-refractivity contribution in [3.8, 4) is 0 Å². The third-order valence-corrected chi connectivity index (χ3v) is 5.69. The summed E-state index contributed by atoms with van der Waals surface area (Å²) in [6.45, 7) is 1.25. The largest absolute Gasteiger partial charge is 0.344 e. The fourth-order valence-electron chi connectivity index (χ4n) is 3.15. The molecule has 120 valence electrons. The SMILES string of the molecule is CN1CC[C@@H](NC(=O)NCc2cc3c(s2)CCCCC3)C1=O. The van der Waals surface area contributed by atoms with Crippen LogP contribution in [-0.2, 0) is 24.2 Å². The number of likely N-dealkylation sites (N-methyl/N-ethyl adjacent to an activating group) is 1. The van der Waals surface area contributed by atoms with Crippen LogP contribution in [0.5, 0.6) is 0 Å². The number of carbonyl (C=O) groups is 2. The summed E-state index contributed by atoms with van der Waals surface area (Å²) < 4.78 is 0. The predicted octanol–water partition coefficient (Wildman–Crippen LogP) is 2.05. The van der Waals surface area contributed by atoms with Crippen LogP contribution in [0.1, 0.15) is 41.0 Å². The normalized spacial score (nSPS) is 21.4. The van der Waals surface area contributed by atoms with Crippen molar-refractivity contribution in [2.45, 2.75) is 51.1 Å². The molecule has 1 aromatic heterocycles. The Labute approximate surface area is 135 Å². The van der Waals surface area contributed by atoms with Gasteiger partial charge >= 0.3 is 6.03 Å². The summed E-state index contributed by atoms with van der Waals surface area (Å²) in [7, 11) is 1.76. The number of fused-ring (bicyclic) bond motifs is 1. The highest BCUT2D eigenvalue weighted by atomic mass is 32.1. The standard InChI is InChI=1S/C16H23N3O2S/c1-19-8-7-13(15(19)20)18-16(21)17-10-12-9-11-5-3-2-4-6-14(11)22-12/h9,13H,2-8,10H2,1H3,(H2,17,18,21)/t13-/m1/s1. The smallest absolute Gasteiger partial charge is 0.315 e. The van der Waals surface area contributed by atoms with E-state index in [1.807, 2.05) is 11.3 Å². The van der Waals surface area contributed by atoms with E-state index in [1.54, 1.807) is 11.9 Å². The number of nitrogens with one attached hydrogen (secondary N) is 2.